The number of hydrogen-bond acceptors (Lipinski definition) is 4. The third kappa shape index (κ3) is 3.20. The molecule has 2 aromatic carbocycles. The Balaban J connectivity index is 2.11. The van der Waals surface area contributed by atoms with E-state index in [-0.39, 0.29) is 0 Å². The monoisotopic (exact) mass is 324 g/mol. The lowest BCUT2D eigenvalue weighted by molar-refractivity contribution is 0.125. The van der Waals surface area contributed by atoms with Crippen LogP contribution in [0, 0.1) is 0 Å². The van der Waals surface area contributed by atoms with Gasteiger partial charge in [0.2, 0.25) is 0 Å². The predicted octanol–water partition coefficient (Wildman–Crippen LogP) is 3.49. The van der Waals surface area contributed by atoms with Gasteiger partial charge in [0.15, 0.2) is 5.60 Å². The molecular weight excluding hydrogens is 304 g/mol. The lowest BCUT2D eigenvalue weighted by Crippen LogP contribution is -2.28. The summed E-state index contributed by atoms with van der Waals surface area (Å²) in [5.41, 5.74) is 0.437. The molecule has 1 heterocycles. The Hall–Kier alpha value is -2.01. The zero-order valence-corrected chi connectivity index (χ0v) is 14.1. The first kappa shape index (κ1) is 15.9. The van der Waals surface area contributed by atoms with E-state index in [1.54, 1.807) is 11.3 Å². The fourth-order valence-electron chi connectivity index (χ4n) is 2.63. The van der Waals surface area contributed by atoms with E-state index in [9.17, 15) is 5.11 Å². The fraction of sp³-hybridized carbons (Fsp3) is 0.211. The maximum Gasteiger partial charge on any atom is 0.166 e. The Morgan fingerprint density at radius 2 is 1.48 bits per heavy atom. The van der Waals surface area contributed by atoms with Gasteiger partial charge in [0.05, 0.1) is 0 Å². The average Bonchev–Trinajstić information content (AvgIpc) is 3.04. The van der Waals surface area contributed by atoms with Crippen LogP contribution in [0.4, 0.5) is 0 Å². The standard InChI is InChI=1S/C19H20N2OS/c1-21(2)14-17-13-20-18(23-17)19(22,15-9-5-3-6-10-15)16-11-7-4-8-12-16/h3-13,22H,14H2,1-2H3. The number of benzene rings is 2. The van der Waals surface area contributed by atoms with E-state index in [0.29, 0.717) is 5.01 Å². The van der Waals surface area contributed by atoms with E-state index in [1.807, 2.05) is 81.0 Å². The molecule has 0 radical (unpaired) electrons. The summed E-state index contributed by atoms with van der Waals surface area (Å²) in [5.74, 6) is 0. The van der Waals surface area contributed by atoms with Crippen LogP contribution in [0.5, 0.6) is 0 Å². The molecular formula is C19H20N2OS. The second-order valence-electron chi connectivity index (χ2n) is 5.81. The van der Waals surface area contributed by atoms with Gasteiger partial charge in [-0.1, -0.05) is 60.7 Å². The SMILES string of the molecule is CN(C)Cc1cnc(C(O)(c2ccccc2)c2ccccc2)s1. The van der Waals surface area contributed by atoms with Crippen molar-refractivity contribution < 1.29 is 5.11 Å². The lowest BCUT2D eigenvalue weighted by Gasteiger charge is -2.27. The van der Waals surface area contributed by atoms with Gasteiger partial charge >= 0.3 is 0 Å². The molecule has 0 aliphatic carbocycles. The van der Waals surface area contributed by atoms with Crippen molar-refractivity contribution in [3.05, 3.63) is 87.9 Å². The maximum atomic E-state index is 11.6. The summed E-state index contributed by atoms with van der Waals surface area (Å²) in [6.07, 6.45) is 1.86. The molecule has 0 saturated heterocycles. The molecule has 1 aromatic heterocycles. The molecule has 4 heteroatoms. The van der Waals surface area contributed by atoms with E-state index in [0.717, 1.165) is 22.5 Å². The molecule has 0 saturated carbocycles. The Bertz CT molecular complexity index is 714. The number of thiazole rings is 1. The summed E-state index contributed by atoms with van der Waals surface area (Å²) < 4.78 is 0. The highest BCUT2D eigenvalue weighted by Gasteiger charge is 2.36. The summed E-state index contributed by atoms with van der Waals surface area (Å²) >= 11 is 1.56. The predicted molar refractivity (Wildman–Crippen MR) is 94.5 cm³/mol. The number of hydrogen-bond donors (Lipinski definition) is 1. The molecule has 0 spiro atoms. The highest BCUT2D eigenvalue weighted by molar-refractivity contribution is 7.11. The van der Waals surface area contributed by atoms with E-state index >= 15 is 0 Å². The van der Waals surface area contributed by atoms with Gasteiger partial charge in [-0.25, -0.2) is 4.98 Å². The number of rotatable bonds is 5. The third-order valence-corrected chi connectivity index (χ3v) is 4.81. The molecule has 0 aliphatic rings. The largest absolute Gasteiger partial charge is 0.374 e. The average molecular weight is 324 g/mol. The summed E-state index contributed by atoms with van der Waals surface area (Å²) in [6, 6.07) is 19.5. The zero-order chi connectivity index (χ0) is 16.3. The van der Waals surface area contributed by atoms with Gasteiger partial charge in [0, 0.05) is 17.6 Å². The second kappa shape index (κ2) is 6.62. The summed E-state index contributed by atoms with van der Waals surface area (Å²) in [7, 11) is 4.06. The van der Waals surface area contributed by atoms with Crippen molar-refractivity contribution in [3.8, 4) is 0 Å². The Morgan fingerprint density at radius 1 is 0.957 bits per heavy atom. The van der Waals surface area contributed by atoms with Gasteiger partial charge in [-0.2, -0.15) is 0 Å². The first-order valence-corrected chi connectivity index (χ1v) is 8.35. The highest BCUT2D eigenvalue weighted by Crippen LogP contribution is 2.38. The van der Waals surface area contributed by atoms with Crippen LogP contribution in [-0.4, -0.2) is 29.1 Å². The Kier molecular flexibility index (Phi) is 4.57. The summed E-state index contributed by atoms with van der Waals surface area (Å²) in [4.78, 5) is 7.77. The van der Waals surface area contributed by atoms with Crippen LogP contribution in [-0.2, 0) is 12.1 Å². The molecule has 3 nitrogen and oxygen atoms in total. The zero-order valence-electron chi connectivity index (χ0n) is 13.3. The van der Waals surface area contributed by atoms with Gasteiger partial charge in [-0.15, -0.1) is 11.3 Å². The van der Waals surface area contributed by atoms with Crippen molar-refractivity contribution in [2.24, 2.45) is 0 Å². The van der Waals surface area contributed by atoms with E-state index in [4.69, 9.17) is 0 Å². The van der Waals surface area contributed by atoms with Gasteiger partial charge in [0.1, 0.15) is 5.01 Å². The van der Waals surface area contributed by atoms with Crippen molar-refractivity contribution >= 4 is 11.3 Å². The first-order chi connectivity index (χ1) is 11.1. The van der Waals surface area contributed by atoms with Gasteiger partial charge in [-0.05, 0) is 25.2 Å². The molecule has 3 rings (SSSR count). The molecule has 0 fully saturated rings. The van der Waals surface area contributed by atoms with Crippen molar-refractivity contribution in [1.82, 2.24) is 9.88 Å². The highest BCUT2D eigenvalue weighted by atomic mass is 32.1. The summed E-state index contributed by atoms with van der Waals surface area (Å²) in [5, 5.41) is 12.3. The maximum absolute atomic E-state index is 11.6. The number of aromatic nitrogens is 1. The quantitative estimate of drug-likeness (QED) is 0.780. The van der Waals surface area contributed by atoms with Crippen LogP contribution in [0.2, 0.25) is 0 Å². The Morgan fingerprint density at radius 3 is 1.96 bits per heavy atom. The minimum absolute atomic E-state index is 0.701. The molecule has 0 bridgehead atoms. The van der Waals surface area contributed by atoms with Crippen LogP contribution < -0.4 is 0 Å². The van der Waals surface area contributed by atoms with Crippen molar-refractivity contribution in [3.63, 3.8) is 0 Å². The van der Waals surface area contributed by atoms with E-state index in [2.05, 4.69) is 9.88 Å². The van der Waals surface area contributed by atoms with Crippen molar-refractivity contribution in [2.45, 2.75) is 12.1 Å². The second-order valence-corrected chi connectivity index (χ2v) is 6.93. The molecule has 0 aliphatic heterocycles. The minimum Gasteiger partial charge on any atom is -0.374 e. The van der Waals surface area contributed by atoms with Crippen LogP contribution in [0.25, 0.3) is 0 Å². The van der Waals surface area contributed by atoms with E-state index < -0.39 is 5.60 Å². The molecule has 0 unspecified atom stereocenters. The molecule has 1 N–H and O–H groups in total. The molecule has 0 atom stereocenters. The Labute approximate surface area is 140 Å². The third-order valence-electron chi connectivity index (χ3n) is 3.72. The van der Waals surface area contributed by atoms with Crippen LogP contribution >= 0.6 is 11.3 Å². The normalized spacial score (nSPS) is 11.8. The molecule has 0 amide bonds. The van der Waals surface area contributed by atoms with Crippen LogP contribution in [0.1, 0.15) is 21.0 Å². The van der Waals surface area contributed by atoms with Crippen molar-refractivity contribution in [1.29, 1.82) is 0 Å². The van der Waals surface area contributed by atoms with Crippen LogP contribution in [0.15, 0.2) is 66.9 Å². The van der Waals surface area contributed by atoms with Gasteiger partial charge < -0.3 is 10.0 Å². The first-order valence-electron chi connectivity index (χ1n) is 7.54. The number of aliphatic hydroxyl groups is 1. The molecule has 23 heavy (non-hydrogen) atoms. The topological polar surface area (TPSA) is 36.4 Å². The molecule has 118 valence electrons. The van der Waals surface area contributed by atoms with Crippen molar-refractivity contribution in [2.75, 3.05) is 14.1 Å². The fourth-order valence-corrected chi connectivity index (χ4v) is 3.80. The molecule has 3 aromatic rings. The summed E-state index contributed by atoms with van der Waals surface area (Å²) in [6.45, 7) is 0.817. The van der Waals surface area contributed by atoms with Gasteiger partial charge in [-0.3, -0.25) is 0 Å². The minimum atomic E-state index is -1.22. The van der Waals surface area contributed by atoms with Crippen LogP contribution in [0.3, 0.4) is 0 Å². The smallest absolute Gasteiger partial charge is 0.166 e. The lowest BCUT2D eigenvalue weighted by atomic mass is 9.87. The van der Waals surface area contributed by atoms with Gasteiger partial charge in [0.25, 0.3) is 0 Å². The van der Waals surface area contributed by atoms with E-state index in [1.165, 1.54) is 0 Å². The number of nitrogens with zero attached hydrogens (tertiary/aromatic N) is 2.